The van der Waals surface area contributed by atoms with E-state index in [1.54, 1.807) is 6.20 Å². The summed E-state index contributed by atoms with van der Waals surface area (Å²) in [5.41, 5.74) is 2.20. The zero-order valence-electron chi connectivity index (χ0n) is 16.2. The van der Waals surface area contributed by atoms with Crippen molar-refractivity contribution in [3.8, 4) is 0 Å². The van der Waals surface area contributed by atoms with Crippen molar-refractivity contribution in [3.05, 3.63) is 29.6 Å². The summed E-state index contributed by atoms with van der Waals surface area (Å²) in [6.07, 6.45) is 11.7. The van der Waals surface area contributed by atoms with Gasteiger partial charge in [-0.1, -0.05) is 31.7 Å². The molecule has 0 aromatic carbocycles. The van der Waals surface area contributed by atoms with Crippen LogP contribution in [0.4, 0.5) is 0 Å². The topological polar surface area (TPSA) is 53.5 Å². The molecule has 2 fully saturated rings. The number of fused-ring (bicyclic) bond motifs is 1. The first-order chi connectivity index (χ1) is 13.2. The fraction of sp³-hybridized carbons (Fsp3) is 0.682. The summed E-state index contributed by atoms with van der Waals surface area (Å²) >= 11 is 0. The van der Waals surface area contributed by atoms with E-state index in [-0.39, 0.29) is 17.7 Å². The van der Waals surface area contributed by atoms with Gasteiger partial charge in [-0.2, -0.15) is 0 Å². The first kappa shape index (κ1) is 18.5. The Bertz CT molecular complexity index is 676. The molecule has 146 valence electrons. The molecule has 0 radical (unpaired) electrons. The first-order valence-electron chi connectivity index (χ1n) is 10.7. The maximum Gasteiger partial charge on any atom is 0.231 e. The molecule has 1 aliphatic heterocycles. The second-order valence-corrected chi connectivity index (χ2v) is 8.39. The minimum Gasteiger partial charge on any atom is -0.339 e. The van der Waals surface area contributed by atoms with Crippen LogP contribution in [0.15, 0.2) is 18.3 Å². The summed E-state index contributed by atoms with van der Waals surface area (Å²) in [5.74, 6) is 1.14. The Balaban J connectivity index is 1.29. The Morgan fingerprint density at radius 3 is 2.52 bits per heavy atom. The Morgan fingerprint density at radius 2 is 1.74 bits per heavy atom. The Hall–Kier alpha value is -1.91. The van der Waals surface area contributed by atoms with E-state index in [9.17, 15) is 9.59 Å². The summed E-state index contributed by atoms with van der Waals surface area (Å²) in [4.78, 5) is 34.0. The van der Waals surface area contributed by atoms with E-state index >= 15 is 0 Å². The first-order valence-corrected chi connectivity index (χ1v) is 10.7. The van der Waals surface area contributed by atoms with Crippen molar-refractivity contribution in [2.24, 2.45) is 5.92 Å². The smallest absolute Gasteiger partial charge is 0.231 e. The summed E-state index contributed by atoms with van der Waals surface area (Å²) in [6.45, 7) is 2.67. The van der Waals surface area contributed by atoms with Crippen LogP contribution in [0.5, 0.6) is 0 Å². The average Bonchev–Trinajstić information content (AvgIpc) is 3.25. The Labute approximate surface area is 162 Å². The van der Waals surface area contributed by atoms with Crippen molar-refractivity contribution in [1.82, 2.24) is 14.8 Å². The van der Waals surface area contributed by atoms with Gasteiger partial charge in [-0.3, -0.25) is 14.6 Å². The lowest BCUT2D eigenvalue weighted by Crippen LogP contribution is -2.52. The number of nitrogens with zero attached hydrogens (tertiary/aromatic N) is 3. The molecule has 4 rings (SSSR count). The molecule has 1 unspecified atom stereocenters. The molecule has 1 saturated carbocycles. The van der Waals surface area contributed by atoms with E-state index in [1.807, 2.05) is 15.9 Å². The van der Waals surface area contributed by atoms with Crippen LogP contribution in [0, 0.1) is 5.92 Å². The van der Waals surface area contributed by atoms with Crippen molar-refractivity contribution in [2.75, 3.05) is 26.2 Å². The van der Waals surface area contributed by atoms with Gasteiger partial charge in [0.05, 0.1) is 11.6 Å². The van der Waals surface area contributed by atoms with Gasteiger partial charge in [-0.15, -0.1) is 0 Å². The standard InChI is InChI=1S/C22H31N3O2/c26-20(11-10-17-5-1-2-6-17)24-13-15-25(16-14-24)22(27)19-9-3-7-18-8-4-12-23-21(18)19/h4,8,12,17,19H,1-3,5-7,9-11,13-16H2. The van der Waals surface area contributed by atoms with Gasteiger partial charge in [0.2, 0.25) is 11.8 Å². The van der Waals surface area contributed by atoms with Crippen molar-refractivity contribution in [1.29, 1.82) is 0 Å². The fourth-order valence-electron chi connectivity index (χ4n) is 5.03. The highest BCUT2D eigenvalue weighted by molar-refractivity contribution is 5.84. The van der Waals surface area contributed by atoms with Crippen LogP contribution in [0.3, 0.4) is 0 Å². The SMILES string of the molecule is O=C(CCC1CCCC1)N1CCN(C(=O)C2CCCc3cccnc32)CC1. The average molecular weight is 370 g/mol. The third-order valence-corrected chi connectivity index (χ3v) is 6.68. The van der Waals surface area contributed by atoms with Crippen LogP contribution in [0.1, 0.15) is 68.5 Å². The summed E-state index contributed by atoms with van der Waals surface area (Å²) in [6, 6.07) is 4.06. The fourth-order valence-corrected chi connectivity index (χ4v) is 5.03. The number of carbonyl (C=O) groups is 2. The van der Waals surface area contributed by atoms with E-state index in [4.69, 9.17) is 0 Å². The van der Waals surface area contributed by atoms with E-state index in [0.717, 1.165) is 37.3 Å². The van der Waals surface area contributed by atoms with E-state index in [0.29, 0.717) is 32.6 Å². The molecule has 5 nitrogen and oxygen atoms in total. The molecule has 1 saturated heterocycles. The third-order valence-electron chi connectivity index (χ3n) is 6.68. The molecule has 1 atom stereocenters. The van der Waals surface area contributed by atoms with E-state index < -0.39 is 0 Å². The van der Waals surface area contributed by atoms with Crippen LogP contribution >= 0.6 is 0 Å². The number of rotatable bonds is 4. The molecule has 5 heteroatoms. The highest BCUT2D eigenvalue weighted by Gasteiger charge is 2.33. The highest BCUT2D eigenvalue weighted by Crippen LogP contribution is 2.32. The molecule has 2 aliphatic carbocycles. The summed E-state index contributed by atoms with van der Waals surface area (Å²) in [5, 5.41) is 0. The molecule has 1 aromatic rings. The number of hydrogen-bond acceptors (Lipinski definition) is 3. The molecule has 0 bridgehead atoms. The van der Waals surface area contributed by atoms with Gasteiger partial charge in [-0.05, 0) is 43.2 Å². The number of aryl methyl sites for hydroxylation is 1. The number of amides is 2. The molecule has 2 amide bonds. The summed E-state index contributed by atoms with van der Waals surface area (Å²) < 4.78 is 0. The van der Waals surface area contributed by atoms with Crippen molar-refractivity contribution >= 4 is 11.8 Å². The van der Waals surface area contributed by atoms with Gasteiger partial charge in [0.25, 0.3) is 0 Å². The van der Waals surface area contributed by atoms with Gasteiger partial charge in [0, 0.05) is 38.8 Å². The molecule has 3 aliphatic rings. The van der Waals surface area contributed by atoms with Crippen LogP contribution in [0.2, 0.25) is 0 Å². The normalized spacial score (nSPS) is 23.3. The van der Waals surface area contributed by atoms with Crippen LogP contribution < -0.4 is 0 Å². The zero-order valence-corrected chi connectivity index (χ0v) is 16.2. The van der Waals surface area contributed by atoms with Crippen LogP contribution in [-0.2, 0) is 16.0 Å². The number of hydrogen-bond donors (Lipinski definition) is 0. The lowest BCUT2D eigenvalue weighted by atomic mass is 9.85. The second-order valence-electron chi connectivity index (χ2n) is 8.39. The van der Waals surface area contributed by atoms with Gasteiger partial charge in [0.15, 0.2) is 0 Å². The predicted molar refractivity (Wildman–Crippen MR) is 104 cm³/mol. The van der Waals surface area contributed by atoms with Gasteiger partial charge in [-0.25, -0.2) is 0 Å². The Kier molecular flexibility index (Phi) is 5.74. The molecule has 2 heterocycles. The largest absolute Gasteiger partial charge is 0.339 e. The number of aromatic nitrogens is 1. The minimum absolute atomic E-state index is 0.0976. The number of piperazine rings is 1. The van der Waals surface area contributed by atoms with E-state index in [1.165, 1.54) is 31.2 Å². The predicted octanol–water partition coefficient (Wildman–Crippen LogP) is 3.14. The van der Waals surface area contributed by atoms with Crippen LogP contribution in [-0.4, -0.2) is 52.8 Å². The maximum absolute atomic E-state index is 13.1. The summed E-state index contributed by atoms with van der Waals surface area (Å²) in [7, 11) is 0. The quantitative estimate of drug-likeness (QED) is 0.819. The van der Waals surface area contributed by atoms with Gasteiger partial charge < -0.3 is 9.80 Å². The molecular weight excluding hydrogens is 338 g/mol. The molecule has 1 aromatic heterocycles. The van der Waals surface area contributed by atoms with Crippen molar-refractivity contribution in [3.63, 3.8) is 0 Å². The second kappa shape index (κ2) is 8.41. The molecule has 27 heavy (non-hydrogen) atoms. The molecule has 0 N–H and O–H groups in total. The molecule has 0 spiro atoms. The van der Waals surface area contributed by atoms with E-state index in [2.05, 4.69) is 11.1 Å². The monoisotopic (exact) mass is 369 g/mol. The zero-order chi connectivity index (χ0) is 18.6. The lowest BCUT2D eigenvalue weighted by Gasteiger charge is -2.37. The van der Waals surface area contributed by atoms with Gasteiger partial charge in [0.1, 0.15) is 0 Å². The van der Waals surface area contributed by atoms with Crippen molar-refractivity contribution in [2.45, 2.75) is 63.7 Å². The van der Waals surface area contributed by atoms with Crippen molar-refractivity contribution < 1.29 is 9.59 Å². The van der Waals surface area contributed by atoms with Crippen LogP contribution in [0.25, 0.3) is 0 Å². The minimum atomic E-state index is -0.0976. The Morgan fingerprint density at radius 1 is 1.00 bits per heavy atom. The lowest BCUT2D eigenvalue weighted by molar-refractivity contribution is -0.140. The molecular formula is C22H31N3O2. The number of carbonyl (C=O) groups excluding carboxylic acids is 2. The third kappa shape index (κ3) is 4.17. The maximum atomic E-state index is 13.1. The number of pyridine rings is 1. The highest BCUT2D eigenvalue weighted by atomic mass is 16.2. The van der Waals surface area contributed by atoms with Gasteiger partial charge >= 0.3 is 0 Å².